The smallest absolute Gasteiger partial charge is 0.254 e. The molecule has 5 nitrogen and oxygen atoms in total. The fourth-order valence-corrected chi connectivity index (χ4v) is 4.88. The molecule has 1 unspecified atom stereocenters. The number of likely N-dealkylation sites (tertiary alicyclic amines) is 1. The van der Waals surface area contributed by atoms with Gasteiger partial charge in [0, 0.05) is 18.7 Å². The van der Waals surface area contributed by atoms with Crippen LogP contribution in [0.15, 0.2) is 42.5 Å². The Bertz CT molecular complexity index is 890. The standard InChI is InChI=1S/C24H28N2O3/c1-17-20-13-22-23(29-16-28-22)14-21(20)24(27)26(17)12-9-18-7-10-25(11-8-18)15-19-5-3-2-4-6-19/h2-6,13-14,17-18H,7-12,15-16H2,1H3. The first-order chi connectivity index (χ1) is 14.2. The van der Waals surface area contributed by atoms with Crippen LogP contribution in [0.3, 0.4) is 0 Å². The molecule has 3 aliphatic heterocycles. The van der Waals surface area contributed by atoms with Crippen molar-refractivity contribution in [3.05, 3.63) is 59.2 Å². The Morgan fingerprint density at radius 3 is 2.52 bits per heavy atom. The van der Waals surface area contributed by atoms with Crippen LogP contribution in [0.5, 0.6) is 11.5 Å². The van der Waals surface area contributed by atoms with Gasteiger partial charge >= 0.3 is 0 Å². The summed E-state index contributed by atoms with van der Waals surface area (Å²) >= 11 is 0. The van der Waals surface area contributed by atoms with Gasteiger partial charge in [-0.3, -0.25) is 9.69 Å². The third-order valence-corrected chi connectivity index (χ3v) is 6.69. The summed E-state index contributed by atoms with van der Waals surface area (Å²) in [7, 11) is 0. The predicted molar refractivity (Wildman–Crippen MR) is 111 cm³/mol. The summed E-state index contributed by atoms with van der Waals surface area (Å²) in [6, 6.07) is 14.7. The molecule has 1 amide bonds. The maximum atomic E-state index is 13.0. The highest BCUT2D eigenvalue weighted by Crippen LogP contribution is 2.42. The van der Waals surface area contributed by atoms with Gasteiger partial charge in [-0.25, -0.2) is 0 Å². The second-order valence-corrected chi connectivity index (χ2v) is 8.46. The summed E-state index contributed by atoms with van der Waals surface area (Å²) in [6.07, 6.45) is 3.51. The molecule has 0 radical (unpaired) electrons. The highest BCUT2D eigenvalue weighted by atomic mass is 16.7. The highest BCUT2D eigenvalue weighted by Gasteiger charge is 2.36. The van der Waals surface area contributed by atoms with E-state index in [0.717, 1.165) is 49.5 Å². The summed E-state index contributed by atoms with van der Waals surface area (Å²) in [4.78, 5) is 17.5. The lowest BCUT2D eigenvalue weighted by atomic mass is 9.93. The molecule has 1 saturated heterocycles. The number of fused-ring (bicyclic) bond motifs is 2. The van der Waals surface area contributed by atoms with E-state index in [9.17, 15) is 4.79 Å². The van der Waals surface area contributed by atoms with E-state index < -0.39 is 0 Å². The third-order valence-electron chi connectivity index (χ3n) is 6.69. The Morgan fingerprint density at radius 2 is 1.76 bits per heavy atom. The van der Waals surface area contributed by atoms with Crippen molar-refractivity contribution in [1.29, 1.82) is 0 Å². The number of rotatable bonds is 5. The van der Waals surface area contributed by atoms with E-state index in [0.29, 0.717) is 11.7 Å². The predicted octanol–water partition coefficient (Wildman–Crippen LogP) is 4.23. The van der Waals surface area contributed by atoms with Gasteiger partial charge in [-0.2, -0.15) is 0 Å². The van der Waals surface area contributed by atoms with E-state index in [1.165, 1.54) is 18.4 Å². The van der Waals surface area contributed by atoms with Crippen LogP contribution in [-0.2, 0) is 6.54 Å². The number of carbonyl (C=O) groups is 1. The Hall–Kier alpha value is -2.53. The molecule has 3 heterocycles. The largest absolute Gasteiger partial charge is 0.454 e. The highest BCUT2D eigenvalue weighted by molar-refractivity contribution is 6.00. The lowest BCUT2D eigenvalue weighted by Crippen LogP contribution is -2.35. The molecule has 0 bridgehead atoms. The van der Waals surface area contributed by atoms with Crippen LogP contribution < -0.4 is 9.47 Å². The van der Waals surface area contributed by atoms with Crippen molar-refractivity contribution < 1.29 is 14.3 Å². The minimum atomic E-state index is 0.102. The zero-order chi connectivity index (χ0) is 19.8. The lowest BCUT2D eigenvalue weighted by molar-refractivity contribution is 0.0712. The van der Waals surface area contributed by atoms with E-state index >= 15 is 0 Å². The van der Waals surface area contributed by atoms with E-state index in [4.69, 9.17) is 9.47 Å². The number of benzene rings is 2. The number of amides is 1. The van der Waals surface area contributed by atoms with Crippen molar-refractivity contribution in [1.82, 2.24) is 9.80 Å². The van der Waals surface area contributed by atoms with Crippen LogP contribution in [0.4, 0.5) is 0 Å². The van der Waals surface area contributed by atoms with Crippen molar-refractivity contribution in [2.75, 3.05) is 26.4 Å². The molecule has 1 atom stereocenters. The molecule has 152 valence electrons. The number of nitrogens with zero attached hydrogens (tertiary/aromatic N) is 2. The quantitative estimate of drug-likeness (QED) is 0.764. The maximum absolute atomic E-state index is 13.0. The monoisotopic (exact) mass is 392 g/mol. The fraction of sp³-hybridized carbons (Fsp3) is 0.458. The van der Waals surface area contributed by atoms with Crippen molar-refractivity contribution >= 4 is 5.91 Å². The normalized spacial score (nSPS) is 21.6. The van der Waals surface area contributed by atoms with Gasteiger partial charge in [0.1, 0.15) is 0 Å². The van der Waals surface area contributed by atoms with E-state index in [2.05, 4.69) is 42.2 Å². The van der Waals surface area contributed by atoms with E-state index in [1.807, 2.05) is 17.0 Å². The number of piperidine rings is 1. The second kappa shape index (κ2) is 7.71. The minimum Gasteiger partial charge on any atom is -0.454 e. The Balaban J connectivity index is 1.15. The van der Waals surface area contributed by atoms with E-state index in [-0.39, 0.29) is 18.7 Å². The molecule has 0 N–H and O–H groups in total. The van der Waals surface area contributed by atoms with Gasteiger partial charge in [0.2, 0.25) is 6.79 Å². The fourth-order valence-electron chi connectivity index (χ4n) is 4.88. The van der Waals surface area contributed by atoms with Crippen LogP contribution in [0.1, 0.15) is 53.7 Å². The molecule has 5 rings (SSSR count). The first-order valence-corrected chi connectivity index (χ1v) is 10.7. The Kier molecular flexibility index (Phi) is 4.92. The van der Waals surface area contributed by atoms with Crippen molar-refractivity contribution in [3.63, 3.8) is 0 Å². The van der Waals surface area contributed by atoms with Gasteiger partial charge in [0.15, 0.2) is 11.5 Å². The number of hydrogen-bond acceptors (Lipinski definition) is 4. The Labute approximate surface area is 172 Å². The minimum absolute atomic E-state index is 0.102. The van der Waals surface area contributed by atoms with Gasteiger partial charge in [-0.1, -0.05) is 30.3 Å². The second-order valence-electron chi connectivity index (χ2n) is 8.46. The third kappa shape index (κ3) is 3.60. The molecular weight excluding hydrogens is 364 g/mol. The average Bonchev–Trinajstić information content (AvgIpc) is 3.30. The maximum Gasteiger partial charge on any atom is 0.254 e. The first-order valence-electron chi connectivity index (χ1n) is 10.7. The molecule has 3 aliphatic rings. The molecule has 2 aromatic rings. The van der Waals surface area contributed by atoms with Crippen LogP contribution in [-0.4, -0.2) is 42.1 Å². The van der Waals surface area contributed by atoms with Crippen molar-refractivity contribution in [3.8, 4) is 11.5 Å². The average molecular weight is 392 g/mol. The van der Waals surface area contributed by atoms with E-state index in [1.54, 1.807) is 0 Å². The summed E-state index contributed by atoms with van der Waals surface area (Å²) in [5.41, 5.74) is 3.23. The lowest BCUT2D eigenvalue weighted by Gasteiger charge is -2.33. The first kappa shape index (κ1) is 18.5. The number of carbonyl (C=O) groups excluding carboxylic acids is 1. The van der Waals surface area contributed by atoms with Gasteiger partial charge in [0.25, 0.3) is 5.91 Å². The summed E-state index contributed by atoms with van der Waals surface area (Å²) in [5, 5.41) is 0. The van der Waals surface area contributed by atoms with Crippen molar-refractivity contribution in [2.24, 2.45) is 5.92 Å². The van der Waals surface area contributed by atoms with Crippen LogP contribution in [0, 0.1) is 5.92 Å². The number of hydrogen-bond donors (Lipinski definition) is 0. The molecule has 0 spiro atoms. The SMILES string of the molecule is CC1c2cc3c(cc2C(=O)N1CCC1CCN(Cc2ccccc2)CC1)OCO3. The molecule has 0 aliphatic carbocycles. The molecule has 2 aromatic carbocycles. The molecule has 0 saturated carbocycles. The van der Waals surface area contributed by atoms with Gasteiger partial charge in [-0.05, 0) is 68.5 Å². The Morgan fingerprint density at radius 1 is 1.03 bits per heavy atom. The van der Waals surface area contributed by atoms with Gasteiger partial charge in [-0.15, -0.1) is 0 Å². The molecule has 29 heavy (non-hydrogen) atoms. The van der Waals surface area contributed by atoms with Gasteiger partial charge in [0.05, 0.1) is 6.04 Å². The zero-order valence-corrected chi connectivity index (χ0v) is 17.0. The van der Waals surface area contributed by atoms with Crippen molar-refractivity contribution in [2.45, 2.75) is 38.8 Å². The topological polar surface area (TPSA) is 42.0 Å². The summed E-state index contributed by atoms with van der Waals surface area (Å²) < 4.78 is 10.9. The molecular formula is C24H28N2O3. The van der Waals surface area contributed by atoms with Crippen LogP contribution >= 0.6 is 0 Å². The van der Waals surface area contributed by atoms with Crippen LogP contribution in [0.25, 0.3) is 0 Å². The van der Waals surface area contributed by atoms with Gasteiger partial charge < -0.3 is 14.4 Å². The zero-order valence-electron chi connectivity index (χ0n) is 17.0. The molecule has 1 fully saturated rings. The van der Waals surface area contributed by atoms with Crippen LogP contribution in [0.2, 0.25) is 0 Å². The molecule has 0 aromatic heterocycles. The summed E-state index contributed by atoms with van der Waals surface area (Å²) in [5.74, 6) is 2.28. The number of ether oxygens (including phenoxy) is 2. The summed E-state index contributed by atoms with van der Waals surface area (Å²) in [6.45, 7) is 6.51. The molecule has 5 heteroatoms.